The molecule has 2 aromatic carbocycles. The van der Waals surface area contributed by atoms with Crippen LogP contribution in [-0.4, -0.2) is 25.2 Å². The molecule has 0 bridgehead atoms. The van der Waals surface area contributed by atoms with Crippen LogP contribution in [0.3, 0.4) is 0 Å². The summed E-state index contributed by atoms with van der Waals surface area (Å²) in [5.74, 6) is 1.03. The van der Waals surface area contributed by atoms with Crippen molar-refractivity contribution in [3.8, 4) is 0 Å². The zero-order chi connectivity index (χ0) is 23.4. The number of nitrogens with zero attached hydrogens (tertiary/aromatic N) is 5. The second-order valence-corrected chi connectivity index (χ2v) is 9.41. The molecule has 1 aliphatic heterocycles. The van der Waals surface area contributed by atoms with Gasteiger partial charge in [0.05, 0.1) is 6.54 Å². The SMILES string of the molecule is Cc1cccc(N2CC(C)Cn3c2nc2c3c(=O)n(Cc3cc(C)ccc3C)c(=O)n2C)c1. The van der Waals surface area contributed by atoms with Crippen molar-refractivity contribution in [2.45, 2.75) is 40.8 Å². The van der Waals surface area contributed by atoms with Gasteiger partial charge in [-0.05, 0) is 55.5 Å². The molecule has 0 N–H and O–H groups in total. The molecule has 0 saturated heterocycles. The van der Waals surface area contributed by atoms with E-state index in [9.17, 15) is 9.59 Å². The van der Waals surface area contributed by atoms with E-state index in [0.717, 1.165) is 34.5 Å². The maximum absolute atomic E-state index is 13.7. The Morgan fingerprint density at radius 3 is 2.52 bits per heavy atom. The Labute approximate surface area is 192 Å². The predicted octanol–water partition coefficient (Wildman–Crippen LogP) is 3.66. The molecular formula is C26H29N5O2. The molecule has 2 aromatic heterocycles. The van der Waals surface area contributed by atoms with Gasteiger partial charge in [0.25, 0.3) is 5.56 Å². The van der Waals surface area contributed by atoms with Crippen molar-refractivity contribution < 1.29 is 0 Å². The van der Waals surface area contributed by atoms with Gasteiger partial charge in [0.1, 0.15) is 0 Å². The quantitative estimate of drug-likeness (QED) is 0.485. The van der Waals surface area contributed by atoms with Crippen molar-refractivity contribution in [3.63, 3.8) is 0 Å². The predicted molar refractivity (Wildman–Crippen MR) is 132 cm³/mol. The van der Waals surface area contributed by atoms with E-state index in [4.69, 9.17) is 4.98 Å². The average molecular weight is 444 g/mol. The Morgan fingerprint density at radius 1 is 1.00 bits per heavy atom. The van der Waals surface area contributed by atoms with Crippen LogP contribution < -0.4 is 16.1 Å². The van der Waals surface area contributed by atoms with Crippen LogP contribution >= 0.6 is 0 Å². The number of aromatic nitrogens is 4. The van der Waals surface area contributed by atoms with E-state index < -0.39 is 0 Å². The van der Waals surface area contributed by atoms with Crippen molar-refractivity contribution in [1.29, 1.82) is 0 Å². The zero-order valence-corrected chi connectivity index (χ0v) is 19.8. The molecule has 0 saturated carbocycles. The molecule has 0 amide bonds. The monoisotopic (exact) mass is 443 g/mol. The third-order valence-electron chi connectivity index (χ3n) is 6.59. The van der Waals surface area contributed by atoms with E-state index in [-0.39, 0.29) is 17.8 Å². The third kappa shape index (κ3) is 3.48. The lowest BCUT2D eigenvalue weighted by Gasteiger charge is -2.33. The van der Waals surface area contributed by atoms with Crippen molar-refractivity contribution in [2.24, 2.45) is 13.0 Å². The number of fused-ring (bicyclic) bond motifs is 3. The number of hydrogen-bond donors (Lipinski definition) is 0. The largest absolute Gasteiger partial charge is 0.332 e. The number of imidazole rings is 1. The normalized spacial score (nSPS) is 15.8. The van der Waals surface area contributed by atoms with Crippen LogP contribution in [0, 0.1) is 26.7 Å². The van der Waals surface area contributed by atoms with E-state index in [1.807, 2.05) is 42.7 Å². The number of benzene rings is 2. The van der Waals surface area contributed by atoms with E-state index in [0.29, 0.717) is 29.6 Å². The fourth-order valence-electron chi connectivity index (χ4n) is 4.80. The summed E-state index contributed by atoms with van der Waals surface area (Å²) < 4.78 is 4.84. The van der Waals surface area contributed by atoms with Gasteiger partial charge < -0.3 is 9.47 Å². The molecule has 0 spiro atoms. The first-order chi connectivity index (χ1) is 15.7. The van der Waals surface area contributed by atoms with Crippen LogP contribution in [0.5, 0.6) is 0 Å². The summed E-state index contributed by atoms with van der Waals surface area (Å²) in [7, 11) is 1.70. The summed E-state index contributed by atoms with van der Waals surface area (Å²) in [4.78, 5) is 33.9. The first-order valence-electron chi connectivity index (χ1n) is 11.3. The summed E-state index contributed by atoms with van der Waals surface area (Å²) in [5, 5.41) is 0. The Balaban J connectivity index is 1.73. The summed E-state index contributed by atoms with van der Waals surface area (Å²) in [6, 6.07) is 14.4. The molecule has 5 rings (SSSR count). The van der Waals surface area contributed by atoms with Gasteiger partial charge in [0.15, 0.2) is 11.2 Å². The maximum atomic E-state index is 13.7. The van der Waals surface area contributed by atoms with Crippen LogP contribution in [0.25, 0.3) is 11.2 Å². The van der Waals surface area contributed by atoms with Crippen LogP contribution in [0.1, 0.15) is 29.2 Å². The van der Waals surface area contributed by atoms with Crippen LogP contribution in [0.4, 0.5) is 11.6 Å². The van der Waals surface area contributed by atoms with E-state index >= 15 is 0 Å². The van der Waals surface area contributed by atoms with Crippen LogP contribution in [0.15, 0.2) is 52.1 Å². The standard InChI is InChI=1S/C26H29N5O2/c1-16-7-6-8-21(12-16)29-13-18(3)14-30-22-23(27-25(29)30)28(5)26(33)31(24(22)32)15-20-11-17(2)9-10-19(20)4/h6-12,18H,13-15H2,1-5H3. The minimum absolute atomic E-state index is 0.243. The molecule has 0 fully saturated rings. The smallest absolute Gasteiger partial charge is 0.312 e. The number of hydrogen-bond acceptors (Lipinski definition) is 4. The second kappa shape index (κ2) is 7.76. The Hall–Kier alpha value is -3.61. The van der Waals surface area contributed by atoms with Gasteiger partial charge in [0, 0.05) is 25.8 Å². The van der Waals surface area contributed by atoms with Crippen molar-refractivity contribution in [3.05, 3.63) is 85.6 Å². The van der Waals surface area contributed by atoms with Gasteiger partial charge in [-0.1, -0.05) is 42.8 Å². The summed E-state index contributed by atoms with van der Waals surface area (Å²) in [6.07, 6.45) is 0. The zero-order valence-electron chi connectivity index (χ0n) is 19.8. The minimum atomic E-state index is -0.348. The number of aryl methyl sites for hydroxylation is 4. The molecule has 0 radical (unpaired) electrons. The van der Waals surface area contributed by atoms with Gasteiger partial charge in [-0.25, -0.2) is 4.79 Å². The summed E-state index contributed by atoms with van der Waals surface area (Å²) >= 11 is 0. The highest BCUT2D eigenvalue weighted by Crippen LogP contribution is 2.33. The van der Waals surface area contributed by atoms with E-state index in [2.05, 4.69) is 36.9 Å². The minimum Gasteiger partial charge on any atom is -0.312 e. The first-order valence-corrected chi connectivity index (χ1v) is 11.3. The lowest BCUT2D eigenvalue weighted by atomic mass is 10.1. The molecule has 0 aliphatic carbocycles. The van der Waals surface area contributed by atoms with Gasteiger partial charge in [-0.15, -0.1) is 0 Å². The summed E-state index contributed by atoms with van der Waals surface area (Å²) in [5.41, 5.74) is 5.63. The molecule has 7 nitrogen and oxygen atoms in total. The number of anilines is 2. The molecule has 1 aliphatic rings. The van der Waals surface area contributed by atoms with Gasteiger partial charge in [0.2, 0.25) is 5.95 Å². The molecule has 1 unspecified atom stereocenters. The van der Waals surface area contributed by atoms with E-state index in [1.165, 1.54) is 9.13 Å². The third-order valence-corrected chi connectivity index (χ3v) is 6.59. The Kier molecular flexibility index (Phi) is 5.00. The molecule has 3 heterocycles. The lowest BCUT2D eigenvalue weighted by Crippen LogP contribution is -2.40. The van der Waals surface area contributed by atoms with Gasteiger partial charge in [-0.2, -0.15) is 4.98 Å². The molecular weight excluding hydrogens is 414 g/mol. The maximum Gasteiger partial charge on any atom is 0.332 e. The highest BCUT2D eigenvalue weighted by atomic mass is 16.2. The van der Waals surface area contributed by atoms with E-state index in [1.54, 1.807) is 7.05 Å². The highest BCUT2D eigenvalue weighted by molar-refractivity contribution is 5.77. The molecule has 7 heteroatoms. The lowest BCUT2D eigenvalue weighted by molar-refractivity contribution is 0.458. The molecule has 170 valence electrons. The fourth-order valence-corrected chi connectivity index (χ4v) is 4.80. The Morgan fingerprint density at radius 2 is 1.76 bits per heavy atom. The topological polar surface area (TPSA) is 65.1 Å². The average Bonchev–Trinajstić information content (AvgIpc) is 3.16. The summed E-state index contributed by atoms with van der Waals surface area (Å²) in [6.45, 7) is 9.99. The number of rotatable bonds is 3. The van der Waals surface area contributed by atoms with Gasteiger partial charge >= 0.3 is 5.69 Å². The molecule has 4 aromatic rings. The Bertz CT molecular complexity index is 1510. The first kappa shape index (κ1) is 21.2. The van der Waals surface area contributed by atoms with Crippen molar-refractivity contribution in [2.75, 3.05) is 11.4 Å². The van der Waals surface area contributed by atoms with Gasteiger partial charge in [-0.3, -0.25) is 13.9 Å². The van der Waals surface area contributed by atoms with Crippen LogP contribution in [-0.2, 0) is 20.1 Å². The molecule has 1 atom stereocenters. The van der Waals surface area contributed by atoms with Crippen molar-refractivity contribution >= 4 is 22.8 Å². The second-order valence-electron chi connectivity index (χ2n) is 9.41. The van der Waals surface area contributed by atoms with Crippen LogP contribution in [0.2, 0.25) is 0 Å². The molecule has 33 heavy (non-hydrogen) atoms. The highest BCUT2D eigenvalue weighted by Gasteiger charge is 2.30. The fraction of sp³-hybridized carbons (Fsp3) is 0.346. The van der Waals surface area contributed by atoms with Crippen molar-refractivity contribution in [1.82, 2.24) is 18.7 Å².